The number of nitrogens with one attached hydrogen (secondary N) is 1. The predicted molar refractivity (Wildman–Crippen MR) is 90.4 cm³/mol. The second-order valence-corrected chi connectivity index (χ2v) is 6.82. The first-order valence-electron chi connectivity index (χ1n) is 6.48. The molecule has 1 aliphatic rings. The van der Waals surface area contributed by atoms with Crippen molar-refractivity contribution in [2.45, 2.75) is 18.7 Å². The molecular weight excluding hydrogens is 373 g/mol. The van der Waals surface area contributed by atoms with Crippen LogP contribution in [0.3, 0.4) is 0 Å². The van der Waals surface area contributed by atoms with Gasteiger partial charge in [0.1, 0.15) is 0 Å². The monoisotopic (exact) mass is 383 g/mol. The summed E-state index contributed by atoms with van der Waals surface area (Å²) in [5, 5.41) is 3.00. The molecule has 1 aliphatic heterocycles. The minimum Gasteiger partial charge on any atom is -0.325 e. The molecule has 0 aliphatic carbocycles. The summed E-state index contributed by atoms with van der Waals surface area (Å²) < 4.78 is 1.01. The Morgan fingerprint density at radius 2 is 2.05 bits per heavy atom. The third-order valence-electron chi connectivity index (χ3n) is 3.61. The quantitative estimate of drug-likeness (QED) is 0.705. The lowest BCUT2D eigenvalue weighted by atomic mass is 10.00. The lowest BCUT2D eigenvalue weighted by Gasteiger charge is -2.15. The molecule has 2 aromatic rings. The van der Waals surface area contributed by atoms with Crippen LogP contribution < -0.4 is 5.32 Å². The number of halogens is 3. The molecule has 21 heavy (non-hydrogen) atoms. The highest BCUT2D eigenvalue weighted by Crippen LogP contribution is 2.39. The molecule has 0 radical (unpaired) electrons. The lowest BCUT2D eigenvalue weighted by molar-refractivity contribution is -0.115. The van der Waals surface area contributed by atoms with Gasteiger partial charge in [-0.2, -0.15) is 0 Å². The van der Waals surface area contributed by atoms with Gasteiger partial charge in [-0.05, 0) is 47.4 Å². The highest BCUT2D eigenvalue weighted by molar-refractivity contribution is 9.10. The van der Waals surface area contributed by atoms with E-state index in [-0.39, 0.29) is 11.3 Å². The van der Waals surface area contributed by atoms with Gasteiger partial charge in [-0.25, -0.2) is 0 Å². The van der Waals surface area contributed by atoms with E-state index in [1.54, 1.807) is 6.07 Å². The maximum Gasteiger partial charge on any atom is 0.228 e. The molecule has 1 amide bonds. The molecule has 0 bridgehead atoms. The van der Waals surface area contributed by atoms with E-state index in [0.717, 1.165) is 32.4 Å². The summed E-state index contributed by atoms with van der Waals surface area (Å²) in [6.07, 6.45) is 0.376. The van der Waals surface area contributed by atoms with E-state index in [2.05, 4.69) is 21.2 Å². The van der Waals surface area contributed by atoms with Crippen LogP contribution in [0, 0.1) is 6.92 Å². The number of alkyl halides is 1. The third-order valence-corrected chi connectivity index (χ3v) is 5.28. The number of anilines is 1. The number of fused-ring (bicyclic) bond motifs is 1. The number of rotatable bonds is 2. The van der Waals surface area contributed by atoms with Crippen LogP contribution in [0.1, 0.15) is 27.6 Å². The summed E-state index contributed by atoms with van der Waals surface area (Å²) in [6, 6.07) is 9.70. The smallest absolute Gasteiger partial charge is 0.228 e. The molecular formula is C16H12BrCl2NO. The standard InChI is InChI=1S/C16H12BrCl2NO/c1-8-2-3-9(5-12(8)17)16(19)11-4-10-6-15(21)20-14(10)7-13(11)18/h2-5,7,16H,6H2,1H3,(H,20,21). The fraction of sp³-hybridized carbons (Fsp3) is 0.188. The second kappa shape index (κ2) is 5.64. The molecule has 5 heteroatoms. The molecule has 3 rings (SSSR count). The first-order chi connectivity index (χ1) is 9.95. The Labute approximate surface area is 141 Å². The first kappa shape index (κ1) is 14.9. The van der Waals surface area contributed by atoms with Gasteiger partial charge in [0, 0.05) is 15.2 Å². The van der Waals surface area contributed by atoms with E-state index >= 15 is 0 Å². The van der Waals surface area contributed by atoms with Gasteiger partial charge in [0.05, 0.1) is 11.8 Å². The summed E-state index contributed by atoms with van der Waals surface area (Å²) in [5.41, 5.74) is 4.66. The summed E-state index contributed by atoms with van der Waals surface area (Å²) in [4.78, 5) is 11.5. The van der Waals surface area contributed by atoms with Gasteiger partial charge in [0.2, 0.25) is 5.91 Å². The molecule has 1 heterocycles. The number of hydrogen-bond acceptors (Lipinski definition) is 1. The minimum atomic E-state index is -0.351. The van der Waals surface area contributed by atoms with Gasteiger partial charge in [0.15, 0.2) is 0 Å². The lowest BCUT2D eigenvalue weighted by Crippen LogP contribution is -2.03. The van der Waals surface area contributed by atoms with Gasteiger partial charge < -0.3 is 5.32 Å². The highest BCUT2D eigenvalue weighted by atomic mass is 79.9. The number of carbonyl (C=O) groups is 1. The number of amides is 1. The molecule has 1 atom stereocenters. The van der Waals surface area contributed by atoms with Crippen molar-refractivity contribution in [2.24, 2.45) is 0 Å². The van der Waals surface area contributed by atoms with Crippen LogP contribution in [0.4, 0.5) is 5.69 Å². The van der Waals surface area contributed by atoms with E-state index in [1.807, 2.05) is 31.2 Å². The van der Waals surface area contributed by atoms with Gasteiger partial charge in [-0.3, -0.25) is 4.79 Å². The molecule has 108 valence electrons. The molecule has 0 aromatic heterocycles. The van der Waals surface area contributed by atoms with Crippen molar-refractivity contribution in [1.29, 1.82) is 0 Å². The number of aryl methyl sites for hydroxylation is 1. The topological polar surface area (TPSA) is 29.1 Å². The van der Waals surface area contributed by atoms with E-state index in [0.29, 0.717) is 11.4 Å². The largest absolute Gasteiger partial charge is 0.325 e. The summed E-state index contributed by atoms with van der Waals surface area (Å²) in [6.45, 7) is 2.02. The van der Waals surface area contributed by atoms with E-state index in [1.165, 1.54) is 0 Å². The Hall–Kier alpha value is -1.03. The molecule has 1 unspecified atom stereocenters. The van der Waals surface area contributed by atoms with Crippen LogP contribution in [0.5, 0.6) is 0 Å². The third kappa shape index (κ3) is 2.83. The van der Waals surface area contributed by atoms with Crippen LogP contribution in [0.15, 0.2) is 34.8 Å². The fourth-order valence-electron chi connectivity index (χ4n) is 2.41. The van der Waals surface area contributed by atoms with Crippen LogP contribution >= 0.6 is 39.1 Å². The average Bonchev–Trinajstić information content (AvgIpc) is 2.79. The molecule has 1 N–H and O–H groups in total. The van der Waals surface area contributed by atoms with E-state index in [9.17, 15) is 4.79 Å². The molecule has 0 saturated carbocycles. The van der Waals surface area contributed by atoms with E-state index < -0.39 is 0 Å². The Kier molecular flexibility index (Phi) is 4.00. The number of carbonyl (C=O) groups excluding carboxylic acids is 1. The van der Waals surface area contributed by atoms with Crippen molar-refractivity contribution in [3.8, 4) is 0 Å². The van der Waals surface area contributed by atoms with Crippen molar-refractivity contribution in [3.63, 3.8) is 0 Å². The van der Waals surface area contributed by atoms with Gasteiger partial charge in [-0.15, -0.1) is 11.6 Å². The van der Waals surface area contributed by atoms with Gasteiger partial charge in [0.25, 0.3) is 0 Å². The van der Waals surface area contributed by atoms with Crippen LogP contribution in [-0.4, -0.2) is 5.91 Å². The zero-order chi connectivity index (χ0) is 15.1. The van der Waals surface area contributed by atoms with Gasteiger partial charge >= 0.3 is 0 Å². The molecule has 0 saturated heterocycles. The van der Waals surface area contributed by atoms with Crippen LogP contribution in [-0.2, 0) is 11.2 Å². The van der Waals surface area contributed by atoms with Gasteiger partial charge in [-0.1, -0.05) is 39.7 Å². The minimum absolute atomic E-state index is 0.0116. The zero-order valence-electron chi connectivity index (χ0n) is 11.2. The summed E-state index contributed by atoms with van der Waals surface area (Å²) in [7, 11) is 0. The van der Waals surface area contributed by atoms with Crippen molar-refractivity contribution in [2.75, 3.05) is 5.32 Å². The first-order valence-corrected chi connectivity index (χ1v) is 8.08. The Morgan fingerprint density at radius 1 is 1.29 bits per heavy atom. The molecule has 0 fully saturated rings. The molecule has 2 aromatic carbocycles. The second-order valence-electron chi connectivity index (χ2n) is 5.13. The predicted octanol–water partition coefficient (Wildman–Crippen LogP) is 5.23. The number of benzene rings is 2. The maximum atomic E-state index is 11.5. The normalized spacial score (nSPS) is 14.8. The van der Waals surface area contributed by atoms with Crippen molar-refractivity contribution >= 4 is 50.7 Å². The van der Waals surface area contributed by atoms with E-state index in [4.69, 9.17) is 23.2 Å². The molecule has 2 nitrogen and oxygen atoms in total. The van der Waals surface area contributed by atoms with Crippen LogP contribution in [0.25, 0.3) is 0 Å². The van der Waals surface area contributed by atoms with Crippen molar-refractivity contribution < 1.29 is 4.79 Å². The van der Waals surface area contributed by atoms with Crippen LogP contribution in [0.2, 0.25) is 5.02 Å². The maximum absolute atomic E-state index is 11.5. The Balaban J connectivity index is 2.02. The van der Waals surface area contributed by atoms with Crippen molar-refractivity contribution in [1.82, 2.24) is 0 Å². The summed E-state index contributed by atoms with van der Waals surface area (Å²) in [5.74, 6) is -0.0116. The highest BCUT2D eigenvalue weighted by Gasteiger charge is 2.23. The number of hydrogen-bond donors (Lipinski definition) is 1. The zero-order valence-corrected chi connectivity index (χ0v) is 14.3. The Bertz CT molecular complexity index is 745. The van der Waals surface area contributed by atoms with Crippen molar-refractivity contribution in [3.05, 3.63) is 62.1 Å². The molecule has 0 spiro atoms. The fourth-order valence-corrected chi connectivity index (χ4v) is 3.45. The summed E-state index contributed by atoms with van der Waals surface area (Å²) >= 11 is 16.4. The Morgan fingerprint density at radius 3 is 2.76 bits per heavy atom. The average molecular weight is 385 g/mol. The SMILES string of the molecule is Cc1ccc(C(Cl)c2cc3c(cc2Cl)NC(=O)C3)cc1Br.